The largest absolute Gasteiger partial charge is 0.362 e. The summed E-state index contributed by atoms with van der Waals surface area (Å²) in [5.74, 6) is -0.201. The topological polar surface area (TPSA) is 29.3 Å². The van der Waals surface area contributed by atoms with Crippen molar-refractivity contribution in [3.8, 4) is 0 Å². The van der Waals surface area contributed by atoms with Gasteiger partial charge in [0.2, 0.25) is 0 Å². The van der Waals surface area contributed by atoms with Gasteiger partial charge >= 0.3 is 0 Å². The van der Waals surface area contributed by atoms with E-state index in [0.717, 1.165) is 12.1 Å². The summed E-state index contributed by atoms with van der Waals surface area (Å²) in [6.07, 6.45) is 0. The molecule has 0 atom stereocenters. The van der Waals surface area contributed by atoms with Crippen molar-refractivity contribution in [1.29, 1.82) is 0 Å². The number of hydrogen-bond donors (Lipinski definition) is 1. The van der Waals surface area contributed by atoms with E-state index in [9.17, 15) is 4.39 Å². The lowest BCUT2D eigenvalue weighted by molar-refractivity contribution is 0.598. The number of anilines is 1. The molecule has 2 aromatic rings. The molecule has 0 aliphatic rings. The summed E-state index contributed by atoms with van der Waals surface area (Å²) in [7, 11) is 0. The lowest BCUT2D eigenvalue weighted by Gasteiger charge is -2.29. The van der Waals surface area contributed by atoms with Gasteiger partial charge in [-0.1, -0.05) is 12.1 Å². The van der Waals surface area contributed by atoms with Crippen molar-refractivity contribution >= 4 is 17.0 Å². The van der Waals surface area contributed by atoms with Gasteiger partial charge in [-0.15, -0.1) is 11.3 Å². The van der Waals surface area contributed by atoms with Gasteiger partial charge in [0.1, 0.15) is 5.82 Å². The van der Waals surface area contributed by atoms with Gasteiger partial charge in [0.25, 0.3) is 0 Å². The zero-order valence-corrected chi connectivity index (χ0v) is 12.1. The van der Waals surface area contributed by atoms with Crippen LogP contribution in [0.3, 0.4) is 0 Å². The first-order valence-electron chi connectivity index (χ1n) is 6.39. The van der Waals surface area contributed by atoms with E-state index in [-0.39, 0.29) is 11.9 Å². The lowest BCUT2D eigenvalue weighted by atomic mass is 10.1. The highest BCUT2D eigenvalue weighted by Crippen LogP contribution is 2.25. The third-order valence-electron chi connectivity index (χ3n) is 3.09. The van der Waals surface area contributed by atoms with Crippen LogP contribution in [0.25, 0.3) is 0 Å². The van der Waals surface area contributed by atoms with Crippen LogP contribution in [0.2, 0.25) is 0 Å². The van der Waals surface area contributed by atoms with E-state index >= 15 is 0 Å². The minimum Gasteiger partial charge on any atom is -0.362 e. The predicted octanol–water partition coefficient (Wildman–Crippen LogP) is 3.76. The Labute approximate surface area is 117 Å². The van der Waals surface area contributed by atoms with E-state index in [1.165, 1.54) is 10.9 Å². The van der Waals surface area contributed by atoms with Crippen LogP contribution in [-0.2, 0) is 13.1 Å². The first-order chi connectivity index (χ1) is 9.11. The first kappa shape index (κ1) is 14.0. The molecule has 1 aromatic heterocycles. The Balaban J connectivity index is 2.28. The van der Waals surface area contributed by atoms with Crippen molar-refractivity contribution in [2.45, 2.75) is 33.0 Å². The molecule has 1 heterocycles. The number of halogens is 1. The van der Waals surface area contributed by atoms with Gasteiger partial charge in [0, 0.05) is 17.5 Å². The molecule has 4 heteroatoms. The SMILES string of the molecule is CC(C)N(Cc1cccs1)c1ccc(CN)cc1F. The summed E-state index contributed by atoms with van der Waals surface area (Å²) in [5, 5.41) is 2.04. The molecule has 0 saturated heterocycles. The minimum atomic E-state index is -0.201. The highest BCUT2D eigenvalue weighted by Gasteiger charge is 2.16. The summed E-state index contributed by atoms with van der Waals surface area (Å²) in [6.45, 7) is 5.24. The number of hydrogen-bond acceptors (Lipinski definition) is 3. The lowest BCUT2D eigenvalue weighted by Crippen LogP contribution is -2.30. The smallest absolute Gasteiger partial charge is 0.146 e. The molecular formula is C15H19FN2S. The fraction of sp³-hybridized carbons (Fsp3) is 0.333. The third-order valence-corrected chi connectivity index (χ3v) is 3.95. The summed E-state index contributed by atoms with van der Waals surface area (Å²) < 4.78 is 14.2. The van der Waals surface area contributed by atoms with Crippen LogP contribution in [0.4, 0.5) is 10.1 Å². The molecule has 102 valence electrons. The quantitative estimate of drug-likeness (QED) is 0.902. The Morgan fingerprint density at radius 3 is 2.63 bits per heavy atom. The molecule has 0 spiro atoms. The average molecular weight is 278 g/mol. The Morgan fingerprint density at radius 2 is 2.11 bits per heavy atom. The van der Waals surface area contributed by atoms with Crippen LogP contribution in [0.15, 0.2) is 35.7 Å². The molecule has 0 aliphatic carbocycles. The molecule has 0 unspecified atom stereocenters. The molecule has 0 amide bonds. The summed E-state index contributed by atoms with van der Waals surface area (Å²) >= 11 is 1.69. The second-order valence-electron chi connectivity index (χ2n) is 4.79. The molecule has 0 bridgehead atoms. The van der Waals surface area contributed by atoms with Gasteiger partial charge in [-0.25, -0.2) is 4.39 Å². The van der Waals surface area contributed by atoms with Crippen molar-refractivity contribution in [2.24, 2.45) is 5.73 Å². The van der Waals surface area contributed by atoms with Gasteiger partial charge in [0.15, 0.2) is 0 Å². The predicted molar refractivity (Wildman–Crippen MR) is 79.9 cm³/mol. The van der Waals surface area contributed by atoms with Gasteiger partial charge < -0.3 is 10.6 Å². The second kappa shape index (κ2) is 6.17. The Kier molecular flexibility index (Phi) is 4.56. The van der Waals surface area contributed by atoms with Crippen LogP contribution < -0.4 is 10.6 Å². The second-order valence-corrected chi connectivity index (χ2v) is 5.82. The Morgan fingerprint density at radius 1 is 1.32 bits per heavy atom. The summed E-state index contributed by atoms with van der Waals surface area (Å²) in [6, 6.07) is 9.57. The van der Waals surface area contributed by atoms with Crippen LogP contribution in [0.5, 0.6) is 0 Å². The van der Waals surface area contributed by atoms with E-state index in [1.54, 1.807) is 11.3 Å². The molecular weight excluding hydrogens is 259 g/mol. The van der Waals surface area contributed by atoms with E-state index in [4.69, 9.17) is 5.73 Å². The summed E-state index contributed by atoms with van der Waals surface area (Å²) in [4.78, 5) is 3.30. The highest BCUT2D eigenvalue weighted by atomic mass is 32.1. The molecule has 2 rings (SSSR count). The van der Waals surface area contributed by atoms with Crippen LogP contribution in [0, 0.1) is 5.82 Å². The van der Waals surface area contributed by atoms with Gasteiger partial charge in [-0.3, -0.25) is 0 Å². The molecule has 0 saturated carbocycles. The number of thiophene rings is 1. The molecule has 1 aromatic carbocycles. The minimum absolute atomic E-state index is 0.201. The van der Waals surface area contributed by atoms with Crippen LogP contribution >= 0.6 is 11.3 Å². The number of nitrogens with zero attached hydrogens (tertiary/aromatic N) is 1. The average Bonchev–Trinajstić information content (AvgIpc) is 2.89. The maximum atomic E-state index is 14.2. The van der Waals surface area contributed by atoms with Crippen molar-refractivity contribution in [2.75, 3.05) is 4.90 Å². The molecule has 2 N–H and O–H groups in total. The molecule has 0 radical (unpaired) electrons. The maximum absolute atomic E-state index is 14.2. The maximum Gasteiger partial charge on any atom is 0.146 e. The van der Waals surface area contributed by atoms with Gasteiger partial charge in [-0.2, -0.15) is 0 Å². The van der Waals surface area contributed by atoms with E-state index in [1.807, 2.05) is 23.6 Å². The Bertz CT molecular complexity index is 523. The van der Waals surface area contributed by atoms with Crippen LogP contribution in [0.1, 0.15) is 24.3 Å². The van der Waals surface area contributed by atoms with Gasteiger partial charge in [0.05, 0.1) is 12.2 Å². The zero-order chi connectivity index (χ0) is 13.8. The Hall–Kier alpha value is -1.39. The number of nitrogens with two attached hydrogens (primary N) is 1. The van der Waals surface area contributed by atoms with Crippen molar-refractivity contribution in [1.82, 2.24) is 0 Å². The normalized spacial score (nSPS) is 11.0. The third kappa shape index (κ3) is 3.33. The monoisotopic (exact) mass is 278 g/mol. The van der Waals surface area contributed by atoms with E-state index in [2.05, 4.69) is 24.8 Å². The standard InChI is InChI=1S/C15H19FN2S/c1-11(2)18(10-13-4-3-7-19-13)15-6-5-12(9-17)8-14(15)16/h3-8,11H,9-10,17H2,1-2H3. The first-order valence-corrected chi connectivity index (χ1v) is 7.27. The van der Waals surface area contributed by atoms with E-state index in [0.29, 0.717) is 12.2 Å². The number of benzene rings is 1. The van der Waals surface area contributed by atoms with E-state index < -0.39 is 0 Å². The highest BCUT2D eigenvalue weighted by molar-refractivity contribution is 7.09. The zero-order valence-electron chi connectivity index (χ0n) is 11.3. The van der Waals surface area contributed by atoms with Crippen molar-refractivity contribution < 1.29 is 4.39 Å². The summed E-state index contributed by atoms with van der Waals surface area (Å²) in [5.41, 5.74) is 7.00. The fourth-order valence-electron chi connectivity index (χ4n) is 2.03. The molecule has 2 nitrogen and oxygen atoms in total. The fourth-order valence-corrected chi connectivity index (χ4v) is 2.73. The molecule has 19 heavy (non-hydrogen) atoms. The number of rotatable bonds is 5. The van der Waals surface area contributed by atoms with Crippen molar-refractivity contribution in [3.63, 3.8) is 0 Å². The molecule has 0 fully saturated rings. The van der Waals surface area contributed by atoms with Gasteiger partial charge in [-0.05, 0) is 43.0 Å². The van der Waals surface area contributed by atoms with Crippen molar-refractivity contribution in [3.05, 3.63) is 52.0 Å². The van der Waals surface area contributed by atoms with Crippen LogP contribution in [-0.4, -0.2) is 6.04 Å². The molecule has 0 aliphatic heterocycles.